The van der Waals surface area contributed by atoms with Crippen molar-refractivity contribution in [1.82, 2.24) is 16.0 Å². The first-order chi connectivity index (χ1) is 15.3. The van der Waals surface area contributed by atoms with Crippen molar-refractivity contribution in [3.63, 3.8) is 0 Å². The normalized spacial score (nSPS) is 12.3. The number of hydrogen-bond donors (Lipinski definition) is 4. The molecule has 32 heavy (non-hydrogen) atoms. The fraction of sp³-hybridized carbons (Fsp3) is 0.333. The van der Waals surface area contributed by atoms with Gasteiger partial charge in [0.05, 0.1) is 0 Å². The summed E-state index contributed by atoms with van der Waals surface area (Å²) in [5.41, 5.74) is 7.03. The highest BCUT2D eigenvalue weighted by atomic mass is 16.2. The summed E-state index contributed by atoms with van der Waals surface area (Å²) < 4.78 is 0. The minimum absolute atomic E-state index is 0.210. The highest BCUT2D eigenvalue weighted by Crippen LogP contribution is 2.15. The minimum Gasteiger partial charge on any atom is -0.366 e. The molecular weight excluding hydrogens is 408 g/mol. The van der Waals surface area contributed by atoms with Gasteiger partial charge in [-0.15, -0.1) is 0 Å². The van der Waals surface area contributed by atoms with Crippen LogP contribution in [0, 0.1) is 0 Å². The Labute approximate surface area is 188 Å². The predicted octanol–water partition coefficient (Wildman–Crippen LogP) is 1.95. The molecule has 5 N–H and O–H groups in total. The summed E-state index contributed by atoms with van der Waals surface area (Å²) in [5.74, 6) is -1.63. The second kappa shape index (κ2) is 12.2. The number of hydrogen-bond acceptors (Lipinski definition) is 4. The van der Waals surface area contributed by atoms with Gasteiger partial charge in [-0.2, -0.15) is 0 Å². The van der Waals surface area contributed by atoms with Crippen LogP contribution in [0.4, 0.5) is 0 Å². The van der Waals surface area contributed by atoms with Crippen LogP contribution in [0.5, 0.6) is 0 Å². The molecule has 0 saturated carbocycles. The number of benzene rings is 2. The third kappa shape index (κ3) is 7.54. The molecule has 2 atom stereocenters. The molecule has 0 radical (unpaired) electrons. The number of carbonyl (C=O) groups excluding carboxylic acids is 4. The van der Waals surface area contributed by atoms with Crippen LogP contribution in [0.1, 0.15) is 60.6 Å². The third-order valence-electron chi connectivity index (χ3n) is 4.93. The minimum atomic E-state index is -0.925. The van der Waals surface area contributed by atoms with E-state index in [9.17, 15) is 19.2 Å². The monoisotopic (exact) mass is 438 g/mol. The maximum atomic E-state index is 13.0. The van der Waals surface area contributed by atoms with E-state index in [2.05, 4.69) is 16.0 Å². The second-order valence-electron chi connectivity index (χ2n) is 7.53. The lowest BCUT2D eigenvalue weighted by Gasteiger charge is -2.23. The summed E-state index contributed by atoms with van der Waals surface area (Å²) in [7, 11) is 0. The van der Waals surface area contributed by atoms with E-state index in [0.29, 0.717) is 17.5 Å². The van der Waals surface area contributed by atoms with Crippen molar-refractivity contribution in [3.8, 4) is 0 Å². The van der Waals surface area contributed by atoms with Crippen LogP contribution in [-0.4, -0.2) is 29.7 Å². The Morgan fingerprint density at radius 1 is 0.906 bits per heavy atom. The molecule has 0 aliphatic rings. The Bertz CT molecular complexity index is 929. The van der Waals surface area contributed by atoms with Crippen LogP contribution in [0.25, 0.3) is 0 Å². The molecule has 2 aromatic rings. The van der Waals surface area contributed by atoms with Gasteiger partial charge in [0.1, 0.15) is 12.1 Å². The quantitative estimate of drug-likeness (QED) is 0.427. The Hall–Kier alpha value is -3.68. The fourth-order valence-electron chi connectivity index (χ4n) is 3.19. The molecule has 0 heterocycles. The van der Waals surface area contributed by atoms with Crippen molar-refractivity contribution < 1.29 is 19.2 Å². The van der Waals surface area contributed by atoms with Crippen molar-refractivity contribution in [2.24, 2.45) is 5.73 Å². The van der Waals surface area contributed by atoms with Crippen molar-refractivity contribution in [1.29, 1.82) is 0 Å². The van der Waals surface area contributed by atoms with E-state index in [1.165, 1.54) is 6.92 Å². The van der Waals surface area contributed by atoms with E-state index < -0.39 is 23.9 Å². The smallest absolute Gasteiger partial charge is 0.248 e. The van der Waals surface area contributed by atoms with Crippen molar-refractivity contribution in [2.75, 3.05) is 0 Å². The SMILES string of the molecule is CCCC[C@H](NC(C)=O)C(=O)N[C@H](C(=O)NCc1ccc(C(N)=O)cc1)c1ccccc1. The van der Waals surface area contributed by atoms with Crippen LogP contribution in [-0.2, 0) is 20.9 Å². The fourth-order valence-corrected chi connectivity index (χ4v) is 3.19. The van der Waals surface area contributed by atoms with Gasteiger partial charge in [0.2, 0.25) is 23.6 Å². The Kier molecular flexibility index (Phi) is 9.41. The Morgan fingerprint density at radius 2 is 1.56 bits per heavy atom. The van der Waals surface area contributed by atoms with Crippen LogP contribution in [0.2, 0.25) is 0 Å². The molecule has 170 valence electrons. The molecule has 0 fully saturated rings. The first-order valence-electron chi connectivity index (χ1n) is 10.6. The predicted molar refractivity (Wildman–Crippen MR) is 121 cm³/mol. The topological polar surface area (TPSA) is 130 Å². The number of primary amides is 1. The van der Waals surface area contributed by atoms with E-state index in [0.717, 1.165) is 18.4 Å². The highest BCUT2D eigenvalue weighted by Gasteiger charge is 2.27. The maximum absolute atomic E-state index is 13.0. The summed E-state index contributed by atoms with van der Waals surface area (Å²) >= 11 is 0. The van der Waals surface area contributed by atoms with E-state index >= 15 is 0 Å². The van der Waals surface area contributed by atoms with E-state index in [1.54, 1.807) is 48.5 Å². The zero-order valence-electron chi connectivity index (χ0n) is 18.4. The molecular formula is C24H30N4O4. The van der Waals surface area contributed by atoms with Crippen molar-refractivity contribution in [2.45, 2.75) is 51.7 Å². The number of unbranched alkanes of at least 4 members (excludes halogenated alkanes) is 1. The second-order valence-corrected chi connectivity index (χ2v) is 7.53. The van der Waals surface area contributed by atoms with Gasteiger partial charge in [0.15, 0.2) is 0 Å². The van der Waals surface area contributed by atoms with E-state index in [1.807, 2.05) is 13.0 Å². The summed E-state index contributed by atoms with van der Waals surface area (Å²) in [6.45, 7) is 3.57. The number of nitrogens with two attached hydrogens (primary N) is 1. The molecule has 0 spiro atoms. The van der Waals surface area contributed by atoms with Gasteiger partial charge in [0.25, 0.3) is 0 Å². The lowest BCUT2D eigenvalue weighted by molar-refractivity contribution is -0.132. The molecule has 0 saturated heterocycles. The molecule has 0 unspecified atom stereocenters. The van der Waals surface area contributed by atoms with Crippen LogP contribution in [0.15, 0.2) is 54.6 Å². The summed E-state index contributed by atoms with van der Waals surface area (Å²) in [6, 6.07) is 13.8. The van der Waals surface area contributed by atoms with Gasteiger partial charge in [-0.25, -0.2) is 0 Å². The van der Waals surface area contributed by atoms with Gasteiger partial charge in [-0.1, -0.05) is 62.2 Å². The Morgan fingerprint density at radius 3 is 2.12 bits per heavy atom. The lowest BCUT2D eigenvalue weighted by Crippen LogP contribution is -2.49. The van der Waals surface area contributed by atoms with Gasteiger partial charge in [-0.05, 0) is 29.7 Å². The Balaban J connectivity index is 2.13. The first-order valence-corrected chi connectivity index (χ1v) is 10.6. The van der Waals surface area contributed by atoms with Gasteiger partial charge in [0, 0.05) is 19.0 Å². The number of nitrogens with one attached hydrogen (secondary N) is 3. The van der Waals surface area contributed by atoms with Crippen LogP contribution >= 0.6 is 0 Å². The van der Waals surface area contributed by atoms with Crippen molar-refractivity contribution in [3.05, 3.63) is 71.3 Å². The van der Waals surface area contributed by atoms with E-state index in [4.69, 9.17) is 5.73 Å². The van der Waals surface area contributed by atoms with Gasteiger partial charge in [-0.3, -0.25) is 19.2 Å². The molecule has 0 aliphatic heterocycles. The largest absolute Gasteiger partial charge is 0.366 e. The molecule has 0 bridgehead atoms. The standard InChI is InChI=1S/C24H30N4O4/c1-3-4-10-20(27-16(2)29)23(31)28-21(18-8-6-5-7-9-18)24(32)26-15-17-11-13-19(14-12-17)22(25)30/h5-9,11-14,20-21H,3-4,10,15H2,1-2H3,(H2,25,30)(H,26,32)(H,27,29)(H,28,31)/t20-,21-/m0/s1. The van der Waals surface area contributed by atoms with Gasteiger partial charge >= 0.3 is 0 Å². The average molecular weight is 439 g/mol. The summed E-state index contributed by atoms with van der Waals surface area (Å²) in [6.07, 6.45) is 2.12. The van der Waals surface area contributed by atoms with Crippen LogP contribution in [0.3, 0.4) is 0 Å². The zero-order valence-corrected chi connectivity index (χ0v) is 18.4. The molecule has 8 heteroatoms. The number of rotatable bonds is 11. The number of amides is 4. The molecule has 0 aliphatic carbocycles. The lowest BCUT2D eigenvalue weighted by atomic mass is 10.0. The first kappa shape index (κ1) is 24.6. The molecule has 4 amide bonds. The average Bonchev–Trinajstić information content (AvgIpc) is 2.79. The summed E-state index contributed by atoms with van der Waals surface area (Å²) in [5, 5.41) is 8.26. The zero-order chi connectivity index (χ0) is 23.5. The summed E-state index contributed by atoms with van der Waals surface area (Å²) in [4.78, 5) is 48.6. The van der Waals surface area contributed by atoms with E-state index in [-0.39, 0.29) is 18.4 Å². The van der Waals surface area contributed by atoms with Gasteiger partial charge < -0.3 is 21.7 Å². The highest BCUT2D eigenvalue weighted by molar-refractivity contribution is 5.93. The third-order valence-corrected chi connectivity index (χ3v) is 4.93. The van der Waals surface area contributed by atoms with Crippen molar-refractivity contribution >= 4 is 23.6 Å². The maximum Gasteiger partial charge on any atom is 0.248 e. The van der Waals surface area contributed by atoms with Crippen LogP contribution < -0.4 is 21.7 Å². The molecule has 0 aromatic heterocycles. The molecule has 2 aromatic carbocycles. The molecule has 2 rings (SSSR count). The molecule has 8 nitrogen and oxygen atoms in total. The number of carbonyl (C=O) groups is 4.